The minimum absolute atomic E-state index is 0.299. The van der Waals surface area contributed by atoms with Gasteiger partial charge in [0.25, 0.3) is 5.91 Å². The van der Waals surface area contributed by atoms with Gasteiger partial charge in [0, 0.05) is 32.4 Å². The maximum Gasteiger partial charge on any atom is 0.257 e. The third kappa shape index (κ3) is 5.20. The van der Waals surface area contributed by atoms with Crippen LogP contribution in [-0.2, 0) is 0 Å². The largest absolute Gasteiger partial charge is 0.331 e. The Kier molecular flexibility index (Phi) is 6.49. The van der Waals surface area contributed by atoms with Crippen LogP contribution in [0, 0.1) is 6.92 Å². The van der Waals surface area contributed by atoms with Crippen molar-refractivity contribution >= 4 is 68.6 Å². The number of nitrogens with one attached hydrogen (secondary N) is 2. The summed E-state index contributed by atoms with van der Waals surface area (Å²) < 4.78 is 0. The van der Waals surface area contributed by atoms with Gasteiger partial charge in [-0.25, -0.2) is 4.98 Å². The quantitative estimate of drug-likeness (QED) is 0.298. The van der Waals surface area contributed by atoms with E-state index in [2.05, 4.69) is 15.6 Å². The first-order chi connectivity index (χ1) is 14.9. The molecule has 31 heavy (non-hydrogen) atoms. The summed E-state index contributed by atoms with van der Waals surface area (Å²) in [6.07, 6.45) is 0. The van der Waals surface area contributed by atoms with E-state index in [-0.39, 0.29) is 5.91 Å². The molecule has 0 aliphatic carbocycles. The molecule has 8 heteroatoms. The third-order valence-electron chi connectivity index (χ3n) is 4.54. The third-order valence-corrected chi connectivity index (χ3v) is 6.08. The van der Waals surface area contributed by atoms with Crippen LogP contribution in [-0.4, -0.2) is 10.9 Å². The van der Waals surface area contributed by atoms with Crippen molar-refractivity contribution in [1.82, 2.24) is 4.98 Å². The molecule has 156 valence electrons. The minimum atomic E-state index is -0.309. The molecule has 1 amide bonds. The molecule has 0 saturated heterocycles. The first-order valence-corrected chi connectivity index (χ1v) is 11.3. The normalized spacial score (nSPS) is 10.7. The highest BCUT2D eigenvalue weighted by atomic mass is 35.5. The van der Waals surface area contributed by atoms with Gasteiger partial charge in [0.2, 0.25) is 0 Å². The molecular formula is C23H16Cl3N3OS. The molecule has 0 saturated carbocycles. The van der Waals surface area contributed by atoms with Gasteiger partial charge in [-0.3, -0.25) is 4.79 Å². The van der Waals surface area contributed by atoms with E-state index in [0.717, 1.165) is 27.6 Å². The number of benzene rings is 3. The molecule has 4 aromatic rings. The van der Waals surface area contributed by atoms with Gasteiger partial charge in [0.1, 0.15) is 0 Å². The summed E-state index contributed by atoms with van der Waals surface area (Å²) in [5.41, 5.74) is 4.66. The standard InChI is InChI=1S/C23H16Cl3N3OS/c1-13-5-6-16(25)11-20(13)28-23-29-21(12-31-23)14-3-2-4-17(9-14)27-22(30)18-8-7-15(24)10-19(18)26/h2-12H,1H3,(H,27,30)(H,28,29). The number of amides is 1. The zero-order valence-corrected chi connectivity index (χ0v) is 19.3. The van der Waals surface area contributed by atoms with Crippen LogP contribution in [0.2, 0.25) is 15.1 Å². The number of rotatable bonds is 5. The smallest absolute Gasteiger partial charge is 0.257 e. The Morgan fingerprint density at radius 2 is 1.74 bits per heavy atom. The van der Waals surface area contributed by atoms with Crippen LogP contribution in [0.1, 0.15) is 15.9 Å². The van der Waals surface area contributed by atoms with Crippen LogP contribution >= 0.6 is 46.1 Å². The van der Waals surface area contributed by atoms with E-state index < -0.39 is 0 Å². The number of anilines is 3. The number of aryl methyl sites for hydroxylation is 1. The molecular weight excluding hydrogens is 473 g/mol. The molecule has 1 heterocycles. The fourth-order valence-electron chi connectivity index (χ4n) is 2.94. The summed E-state index contributed by atoms with van der Waals surface area (Å²) in [6, 6.07) is 17.9. The molecule has 4 rings (SSSR count). The molecule has 0 atom stereocenters. The first kappa shape index (κ1) is 21.7. The van der Waals surface area contributed by atoms with Crippen molar-refractivity contribution in [1.29, 1.82) is 0 Å². The van der Waals surface area contributed by atoms with Crippen LogP contribution in [0.15, 0.2) is 66.0 Å². The highest BCUT2D eigenvalue weighted by Gasteiger charge is 2.12. The van der Waals surface area contributed by atoms with E-state index in [1.807, 2.05) is 54.8 Å². The number of nitrogens with zero attached hydrogens (tertiary/aromatic N) is 1. The molecule has 0 unspecified atom stereocenters. The van der Waals surface area contributed by atoms with E-state index in [4.69, 9.17) is 34.8 Å². The summed E-state index contributed by atoms with van der Waals surface area (Å²) in [5.74, 6) is -0.309. The van der Waals surface area contributed by atoms with Gasteiger partial charge in [-0.1, -0.05) is 53.0 Å². The van der Waals surface area contributed by atoms with E-state index in [1.54, 1.807) is 18.2 Å². The van der Waals surface area contributed by atoms with Crippen LogP contribution in [0.4, 0.5) is 16.5 Å². The number of halogens is 3. The predicted molar refractivity (Wildman–Crippen MR) is 131 cm³/mol. The lowest BCUT2D eigenvalue weighted by atomic mass is 10.1. The van der Waals surface area contributed by atoms with Crippen molar-refractivity contribution in [2.75, 3.05) is 10.6 Å². The van der Waals surface area contributed by atoms with Gasteiger partial charge in [0.05, 0.1) is 16.3 Å². The van der Waals surface area contributed by atoms with E-state index in [0.29, 0.717) is 26.3 Å². The first-order valence-electron chi connectivity index (χ1n) is 9.24. The summed E-state index contributed by atoms with van der Waals surface area (Å²) >= 11 is 19.6. The van der Waals surface area contributed by atoms with Gasteiger partial charge in [-0.05, 0) is 55.0 Å². The van der Waals surface area contributed by atoms with Crippen LogP contribution in [0.3, 0.4) is 0 Å². The second kappa shape index (κ2) is 9.28. The second-order valence-corrected chi connectivity index (χ2v) is 8.92. The highest BCUT2D eigenvalue weighted by Crippen LogP contribution is 2.31. The summed E-state index contributed by atoms with van der Waals surface area (Å²) in [7, 11) is 0. The fourth-order valence-corrected chi connectivity index (χ4v) is 4.33. The number of hydrogen-bond acceptors (Lipinski definition) is 4. The lowest BCUT2D eigenvalue weighted by Crippen LogP contribution is -2.12. The van der Waals surface area contributed by atoms with Crippen LogP contribution in [0.25, 0.3) is 11.3 Å². The topological polar surface area (TPSA) is 54.0 Å². The van der Waals surface area contributed by atoms with E-state index in [9.17, 15) is 4.79 Å². The number of carbonyl (C=O) groups excluding carboxylic acids is 1. The van der Waals surface area contributed by atoms with Gasteiger partial charge in [-0.15, -0.1) is 11.3 Å². The Morgan fingerprint density at radius 3 is 2.55 bits per heavy atom. The van der Waals surface area contributed by atoms with Gasteiger partial charge >= 0.3 is 0 Å². The maximum atomic E-state index is 12.6. The van der Waals surface area contributed by atoms with E-state index >= 15 is 0 Å². The lowest BCUT2D eigenvalue weighted by molar-refractivity contribution is 0.102. The average Bonchev–Trinajstić information content (AvgIpc) is 3.19. The molecule has 0 aliphatic rings. The zero-order chi connectivity index (χ0) is 22.0. The lowest BCUT2D eigenvalue weighted by Gasteiger charge is -2.08. The predicted octanol–water partition coefficient (Wildman–Crippen LogP) is 8.07. The molecule has 0 spiro atoms. The number of carbonyl (C=O) groups is 1. The van der Waals surface area contributed by atoms with Gasteiger partial charge in [-0.2, -0.15) is 0 Å². The number of hydrogen-bond donors (Lipinski definition) is 2. The Balaban J connectivity index is 1.52. The molecule has 0 bridgehead atoms. The van der Waals surface area contributed by atoms with Gasteiger partial charge in [0.15, 0.2) is 5.13 Å². The summed E-state index contributed by atoms with van der Waals surface area (Å²) in [4.78, 5) is 17.3. The zero-order valence-electron chi connectivity index (χ0n) is 16.2. The second-order valence-electron chi connectivity index (χ2n) is 6.78. The number of thiazole rings is 1. The Labute approximate surface area is 198 Å². The van der Waals surface area contributed by atoms with Crippen molar-refractivity contribution in [3.05, 3.63) is 92.2 Å². The van der Waals surface area contributed by atoms with Crippen molar-refractivity contribution in [2.24, 2.45) is 0 Å². The molecule has 1 aromatic heterocycles. The molecule has 4 nitrogen and oxygen atoms in total. The number of aromatic nitrogens is 1. The molecule has 0 fully saturated rings. The van der Waals surface area contributed by atoms with Crippen molar-refractivity contribution in [3.8, 4) is 11.3 Å². The molecule has 3 aromatic carbocycles. The Morgan fingerprint density at radius 1 is 0.968 bits per heavy atom. The van der Waals surface area contributed by atoms with Crippen LogP contribution < -0.4 is 10.6 Å². The van der Waals surface area contributed by atoms with E-state index in [1.165, 1.54) is 11.3 Å². The summed E-state index contributed by atoms with van der Waals surface area (Å²) in [6.45, 7) is 2.01. The van der Waals surface area contributed by atoms with Crippen molar-refractivity contribution < 1.29 is 4.79 Å². The van der Waals surface area contributed by atoms with Crippen LogP contribution in [0.5, 0.6) is 0 Å². The fraction of sp³-hybridized carbons (Fsp3) is 0.0435. The Bertz CT molecular complexity index is 1270. The molecule has 0 radical (unpaired) electrons. The molecule has 0 aliphatic heterocycles. The average molecular weight is 489 g/mol. The molecule has 2 N–H and O–H groups in total. The highest BCUT2D eigenvalue weighted by molar-refractivity contribution is 7.14. The Hall–Kier alpha value is -2.57. The maximum absolute atomic E-state index is 12.6. The van der Waals surface area contributed by atoms with Gasteiger partial charge < -0.3 is 10.6 Å². The van der Waals surface area contributed by atoms with Crippen molar-refractivity contribution in [2.45, 2.75) is 6.92 Å². The van der Waals surface area contributed by atoms with Crippen molar-refractivity contribution in [3.63, 3.8) is 0 Å². The minimum Gasteiger partial charge on any atom is -0.331 e. The monoisotopic (exact) mass is 487 g/mol. The SMILES string of the molecule is Cc1ccc(Cl)cc1Nc1nc(-c2cccc(NC(=O)c3ccc(Cl)cc3Cl)c2)cs1. The summed E-state index contributed by atoms with van der Waals surface area (Å²) in [5, 5.41) is 10.3.